The molecule has 1 aromatic rings. The summed E-state index contributed by atoms with van der Waals surface area (Å²) in [5.41, 5.74) is 0.927. The molecule has 3 heteroatoms. The molecular weight excluding hydrogens is 224 g/mol. The van der Waals surface area contributed by atoms with Crippen molar-refractivity contribution < 1.29 is 5.11 Å². The lowest BCUT2D eigenvalue weighted by Gasteiger charge is -2.29. The summed E-state index contributed by atoms with van der Waals surface area (Å²) in [6, 6.07) is 3.85. The lowest BCUT2D eigenvalue weighted by molar-refractivity contribution is 0.199. The monoisotopic (exact) mass is 248 g/mol. The second-order valence-corrected chi connectivity index (χ2v) is 5.48. The van der Waals surface area contributed by atoms with Crippen LogP contribution >= 0.6 is 0 Å². The summed E-state index contributed by atoms with van der Waals surface area (Å²) in [7, 11) is 2.09. The molecule has 0 amide bonds. The number of hydrogen-bond donors (Lipinski definition) is 1. The van der Waals surface area contributed by atoms with E-state index in [2.05, 4.69) is 16.9 Å². The van der Waals surface area contributed by atoms with Crippen molar-refractivity contribution >= 4 is 5.82 Å². The van der Waals surface area contributed by atoms with Gasteiger partial charge < -0.3 is 10.0 Å². The van der Waals surface area contributed by atoms with Crippen molar-refractivity contribution in [3.63, 3.8) is 0 Å². The van der Waals surface area contributed by atoms with Gasteiger partial charge in [0.1, 0.15) is 5.82 Å². The highest BCUT2D eigenvalue weighted by Gasteiger charge is 2.18. The van der Waals surface area contributed by atoms with Crippen LogP contribution in [0.5, 0.6) is 0 Å². The predicted molar refractivity (Wildman–Crippen MR) is 74.7 cm³/mol. The van der Waals surface area contributed by atoms with Crippen LogP contribution in [0.1, 0.15) is 50.7 Å². The molecule has 100 valence electrons. The van der Waals surface area contributed by atoms with E-state index < -0.39 is 6.10 Å². The fourth-order valence-corrected chi connectivity index (χ4v) is 2.90. The van der Waals surface area contributed by atoms with Crippen molar-refractivity contribution in [1.82, 2.24) is 4.98 Å². The first-order valence-electron chi connectivity index (χ1n) is 7.02. The molecule has 2 rings (SSSR count). The van der Waals surface area contributed by atoms with Crippen LogP contribution in [-0.4, -0.2) is 23.7 Å². The van der Waals surface area contributed by atoms with Crippen molar-refractivity contribution in [2.75, 3.05) is 18.5 Å². The smallest absolute Gasteiger partial charge is 0.134 e. The van der Waals surface area contributed by atoms with E-state index >= 15 is 0 Å². The van der Waals surface area contributed by atoms with Crippen LogP contribution in [0.25, 0.3) is 0 Å². The van der Waals surface area contributed by atoms with Crippen molar-refractivity contribution in [2.45, 2.75) is 45.1 Å². The maximum absolute atomic E-state index is 9.79. The molecule has 1 fully saturated rings. The third-order valence-corrected chi connectivity index (χ3v) is 3.89. The van der Waals surface area contributed by atoms with Gasteiger partial charge in [-0.3, -0.25) is 0 Å². The number of anilines is 1. The molecule has 0 unspecified atom stereocenters. The molecule has 0 spiro atoms. The Labute approximate surface area is 110 Å². The molecule has 1 aliphatic rings. The summed E-state index contributed by atoms with van der Waals surface area (Å²) in [6.07, 6.45) is 8.14. The maximum atomic E-state index is 9.79. The van der Waals surface area contributed by atoms with E-state index in [1.807, 2.05) is 12.1 Å². The minimum atomic E-state index is -0.456. The molecule has 18 heavy (non-hydrogen) atoms. The zero-order valence-electron chi connectivity index (χ0n) is 11.5. The average molecular weight is 248 g/mol. The van der Waals surface area contributed by atoms with Crippen molar-refractivity contribution in [2.24, 2.45) is 5.92 Å². The van der Waals surface area contributed by atoms with Gasteiger partial charge in [-0.1, -0.05) is 25.3 Å². The van der Waals surface area contributed by atoms with E-state index in [4.69, 9.17) is 0 Å². The number of pyridine rings is 1. The predicted octanol–water partition coefficient (Wildman–Crippen LogP) is 3.15. The summed E-state index contributed by atoms with van der Waals surface area (Å²) in [5.74, 6) is 1.71. The van der Waals surface area contributed by atoms with Gasteiger partial charge in [0.25, 0.3) is 0 Å². The van der Waals surface area contributed by atoms with E-state index in [0.29, 0.717) is 0 Å². The summed E-state index contributed by atoms with van der Waals surface area (Å²) < 4.78 is 0. The molecule has 0 saturated heterocycles. The van der Waals surface area contributed by atoms with E-state index in [1.54, 1.807) is 13.1 Å². The summed E-state index contributed by atoms with van der Waals surface area (Å²) in [6.45, 7) is 2.85. The molecule has 1 aromatic heterocycles. The zero-order valence-corrected chi connectivity index (χ0v) is 11.5. The Kier molecular flexibility index (Phi) is 4.59. The lowest BCUT2D eigenvalue weighted by Crippen LogP contribution is -2.28. The van der Waals surface area contributed by atoms with Gasteiger partial charge in [0.05, 0.1) is 6.10 Å². The molecule has 1 atom stereocenters. The maximum Gasteiger partial charge on any atom is 0.134 e. The van der Waals surface area contributed by atoms with Crippen LogP contribution < -0.4 is 4.90 Å². The topological polar surface area (TPSA) is 36.4 Å². The Morgan fingerprint density at radius 1 is 1.39 bits per heavy atom. The first-order valence-corrected chi connectivity index (χ1v) is 7.02. The molecule has 3 nitrogen and oxygen atoms in total. The van der Waals surface area contributed by atoms with Crippen molar-refractivity contribution in [1.29, 1.82) is 0 Å². The van der Waals surface area contributed by atoms with E-state index in [1.165, 1.54) is 32.1 Å². The molecule has 1 heterocycles. The molecule has 0 aliphatic heterocycles. The first kappa shape index (κ1) is 13.3. The van der Waals surface area contributed by atoms with Gasteiger partial charge in [0.2, 0.25) is 0 Å². The van der Waals surface area contributed by atoms with Crippen molar-refractivity contribution in [3.8, 4) is 0 Å². The van der Waals surface area contributed by atoms with Gasteiger partial charge in [-0.25, -0.2) is 4.98 Å². The largest absolute Gasteiger partial charge is 0.389 e. The Morgan fingerprint density at radius 2 is 2.11 bits per heavy atom. The molecule has 1 N–H and O–H groups in total. The highest BCUT2D eigenvalue weighted by Crippen LogP contribution is 2.28. The van der Waals surface area contributed by atoms with E-state index in [-0.39, 0.29) is 0 Å². The second kappa shape index (κ2) is 6.19. The Bertz CT molecular complexity index is 373. The Hall–Kier alpha value is -1.09. The molecule has 1 aliphatic carbocycles. The van der Waals surface area contributed by atoms with Crippen molar-refractivity contribution in [3.05, 3.63) is 23.9 Å². The highest BCUT2D eigenvalue weighted by molar-refractivity contribution is 5.47. The summed E-state index contributed by atoms with van der Waals surface area (Å²) in [5, 5.41) is 9.79. The van der Waals surface area contributed by atoms with Crippen LogP contribution in [0.3, 0.4) is 0 Å². The normalized spacial score (nSPS) is 18.6. The SMILES string of the molecule is C[C@H](O)c1cccnc1N(C)CC1CCCCC1. The molecule has 1 saturated carbocycles. The van der Waals surface area contributed by atoms with Crippen LogP contribution in [0, 0.1) is 5.92 Å². The van der Waals surface area contributed by atoms with Gasteiger partial charge >= 0.3 is 0 Å². The number of aromatic nitrogens is 1. The third-order valence-electron chi connectivity index (χ3n) is 3.89. The second-order valence-electron chi connectivity index (χ2n) is 5.48. The molecule has 0 radical (unpaired) electrons. The van der Waals surface area contributed by atoms with Gasteiger partial charge in [-0.2, -0.15) is 0 Å². The highest BCUT2D eigenvalue weighted by atomic mass is 16.3. The van der Waals surface area contributed by atoms with Crippen LogP contribution in [0.15, 0.2) is 18.3 Å². The molecular formula is C15H24N2O. The Morgan fingerprint density at radius 3 is 2.78 bits per heavy atom. The van der Waals surface area contributed by atoms with E-state index in [9.17, 15) is 5.11 Å². The minimum absolute atomic E-state index is 0.456. The van der Waals surface area contributed by atoms with Gasteiger partial charge in [0, 0.05) is 25.4 Å². The van der Waals surface area contributed by atoms with E-state index in [0.717, 1.165) is 23.8 Å². The van der Waals surface area contributed by atoms with Crippen LogP contribution in [-0.2, 0) is 0 Å². The van der Waals surface area contributed by atoms with Crippen LogP contribution in [0.2, 0.25) is 0 Å². The number of aliphatic hydroxyl groups is 1. The number of aliphatic hydroxyl groups excluding tert-OH is 1. The Balaban J connectivity index is 2.05. The van der Waals surface area contributed by atoms with Crippen LogP contribution in [0.4, 0.5) is 5.82 Å². The number of nitrogens with zero attached hydrogens (tertiary/aromatic N) is 2. The molecule has 0 aromatic carbocycles. The van der Waals surface area contributed by atoms with Gasteiger partial charge in [-0.05, 0) is 31.7 Å². The fraction of sp³-hybridized carbons (Fsp3) is 0.667. The van der Waals surface area contributed by atoms with Gasteiger partial charge in [0.15, 0.2) is 0 Å². The van der Waals surface area contributed by atoms with Gasteiger partial charge in [-0.15, -0.1) is 0 Å². The third kappa shape index (κ3) is 3.22. The number of hydrogen-bond acceptors (Lipinski definition) is 3. The molecule has 0 bridgehead atoms. The standard InChI is InChI=1S/C15H24N2O/c1-12(18)14-9-6-10-16-15(14)17(2)11-13-7-4-3-5-8-13/h6,9-10,12-13,18H,3-5,7-8,11H2,1-2H3/t12-/m0/s1. The lowest BCUT2D eigenvalue weighted by atomic mass is 9.89. The minimum Gasteiger partial charge on any atom is -0.389 e. The first-order chi connectivity index (χ1) is 8.68. The fourth-order valence-electron chi connectivity index (χ4n) is 2.90. The summed E-state index contributed by atoms with van der Waals surface area (Å²) >= 11 is 0. The number of rotatable bonds is 4. The zero-order chi connectivity index (χ0) is 13.0. The quantitative estimate of drug-likeness (QED) is 0.889. The summed E-state index contributed by atoms with van der Waals surface area (Å²) in [4.78, 5) is 6.64. The average Bonchev–Trinajstić information content (AvgIpc) is 2.40.